The van der Waals surface area contributed by atoms with Crippen molar-refractivity contribution in [2.45, 2.75) is 53.1 Å². The molecule has 232 valence electrons. The minimum absolute atomic E-state index is 0.247. The number of terminal acetylenes is 2. The maximum Gasteiger partial charge on any atom is 0.412 e. The van der Waals surface area contributed by atoms with Crippen molar-refractivity contribution in [2.75, 3.05) is 19.4 Å². The summed E-state index contributed by atoms with van der Waals surface area (Å²) in [7, 11) is 1.32. The average molecular weight is 605 g/mol. The second-order valence-corrected chi connectivity index (χ2v) is 8.20. The molecule has 0 aromatic carbocycles. The summed E-state index contributed by atoms with van der Waals surface area (Å²) in [5.74, 6) is 3.35. The summed E-state index contributed by atoms with van der Waals surface area (Å²) in [5.41, 5.74) is 7.32. The standard InChI is InChI=1S/C17H21N5O3.C10H11F4N.C3H4/c1-3-12(20-11-23)7-5-6-8-13-14(17(24)25-4-2)9-22-15(13)16(18)19-10-21-22;1-4-5-8(11)9(15-3)6-7(2)10(12,13)14;1-3-2/h3,5-6,9-11H,4,7-8H2,1-2H3,(H,20,23)(H2,18,19,21);1,6,15H,5H2,2-3H3;1H,2H3/b6-5-,12-3+;7-6+,9-8-;. The lowest BCUT2D eigenvalue weighted by Crippen LogP contribution is -2.12. The molecule has 0 saturated heterocycles. The van der Waals surface area contributed by atoms with Gasteiger partial charge in [-0.1, -0.05) is 24.1 Å². The third-order valence-electron chi connectivity index (χ3n) is 5.25. The first-order chi connectivity index (χ1) is 20.4. The Balaban J connectivity index is 0.000000838. The number of nitrogens with zero attached hydrogens (tertiary/aromatic N) is 3. The highest BCUT2D eigenvalue weighted by Crippen LogP contribution is 2.26. The van der Waals surface area contributed by atoms with Crippen LogP contribution in [0.25, 0.3) is 5.52 Å². The highest BCUT2D eigenvalue weighted by molar-refractivity contribution is 5.95. The molecule has 2 aromatic heterocycles. The number of aromatic nitrogens is 3. The third-order valence-corrected chi connectivity index (χ3v) is 5.25. The number of halogens is 4. The zero-order valence-electron chi connectivity index (χ0n) is 24.7. The van der Waals surface area contributed by atoms with Gasteiger partial charge in [-0.15, -0.1) is 18.8 Å². The van der Waals surface area contributed by atoms with Gasteiger partial charge in [0.15, 0.2) is 5.82 Å². The number of anilines is 1. The van der Waals surface area contributed by atoms with E-state index in [2.05, 4.69) is 33.1 Å². The number of alkyl halides is 3. The Morgan fingerprint density at radius 3 is 2.44 bits per heavy atom. The highest BCUT2D eigenvalue weighted by atomic mass is 19.4. The van der Waals surface area contributed by atoms with E-state index in [1.807, 2.05) is 31.1 Å². The maximum atomic E-state index is 13.1. The van der Waals surface area contributed by atoms with Crippen molar-refractivity contribution >= 4 is 23.7 Å². The molecule has 0 unspecified atom stereocenters. The predicted octanol–water partition coefficient (Wildman–Crippen LogP) is 5.19. The van der Waals surface area contributed by atoms with Crippen LogP contribution in [0.4, 0.5) is 23.4 Å². The van der Waals surface area contributed by atoms with Crippen LogP contribution >= 0.6 is 0 Å². The molecule has 1 amide bonds. The van der Waals surface area contributed by atoms with Gasteiger partial charge in [0.25, 0.3) is 0 Å². The zero-order valence-corrected chi connectivity index (χ0v) is 24.7. The van der Waals surface area contributed by atoms with Gasteiger partial charge in [-0.3, -0.25) is 4.79 Å². The van der Waals surface area contributed by atoms with E-state index < -0.39 is 23.5 Å². The SMILES string of the molecule is C#CC.C#CC/C(F)=C(\C=C(/C)C(F)(F)F)NC.C/C=C(\C/C=C\Cc1c(C(=O)OCC)cn2ncnc(N)c12)NC=O. The fraction of sp³-hybridized carbons (Fsp3) is 0.333. The molecule has 2 rings (SSSR count). The van der Waals surface area contributed by atoms with Crippen LogP contribution in [-0.4, -0.2) is 46.8 Å². The van der Waals surface area contributed by atoms with Crippen molar-refractivity contribution in [3.63, 3.8) is 0 Å². The van der Waals surface area contributed by atoms with E-state index in [4.69, 9.17) is 16.9 Å². The average Bonchev–Trinajstić information content (AvgIpc) is 3.33. The van der Waals surface area contributed by atoms with Gasteiger partial charge in [0, 0.05) is 36.5 Å². The Morgan fingerprint density at radius 2 is 1.93 bits per heavy atom. The molecule has 2 heterocycles. The third kappa shape index (κ3) is 13.0. The molecule has 0 spiro atoms. The number of carbonyl (C=O) groups is 2. The number of esters is 1. The number of ether oxygens (including phenoxy) is 1. The van der Waals surface area contributed by atoms with E-state index in [-0.39, 0.29) is 18.7 Å². The van der Waals surface area contributed by atoms with Gasteiger partial charge < -0.3 is 21.1 Å². The minimum atomic E-state index is -4.46. The van der Waals surface area contributed by atoms with Crippen molar-refractivity contribution < 1.29 is 31.9 Å². The van der Waals surface area contributed by atoms with Crippen molar-refractivity contribution in [2.24, 2.45) is 0 Å². The molecule has 43 heavy (non-hydrogen) atoms. The number of likely N-dealkylation sites (N-methyl/N-ethyl adjacent to an activating group) is 1. The molecule has 0 aliphatic carbocycles. The molecule has 13 heteroatoms. The van der Waals surface area contributed by atoms with Gasteiger partial charge in [0.05, 0.1) is 24.3 Å². The molecule has 0 atom stereocenters. The van der Waals surface area contributed by atoms with Crippen LogP contribution in [0, 0.1) is 24.7 Å². The lowest BCUT2D eigenvalue weighted by atomic mass is 10.1. The Morgan fingerprint density at radius 1 is 1.28 bits per heavy atom. The zero-order chi connectivity index (χ0) is 33.0. The van der Waals surface area contributed by atoms with Gasteiger partial charge in [0.2, 0.25) is 6.41 Å². The van der Waals surface area contributed by atoms with Crippen molar-refractivity contribution in [1.82, 2.24) is 25.2 Å². The number of rotatable bonds is 11. The van der Waals surface area contributed by atoms with Gasteiger partial charge in [-0.05, 0) is 40.2 Å². The predicted molar refractivity (Wildman–Crippen MR) is 159 cm³/mol. The molecule has 0 radical (unpaired) electrons. The number of fused-ring (bicyclic) bond motifs is 1. The maximum absolute atomic E-state index is 13.1. The Bertz CT molecular complexity index is 1420. The molecular formula is C30H36F4N6O3. The minimum Gasteiger partial charge on any atom is -0.462 e. The molecule has 0 aliphatic heterocycles. The largest absolute Gasteiger partial charge is 0.462 e. The number of nitrogens with two attached hydrogens (primary N) is 1. The number of nitrogen functional groups attached to an aromatic ring is 1. The van der Waals surface area contributed by atoms with Crippen molar-refractivity contribution in [3.8, 4) is 24.7 Å². The fourth-order valence-corrected chi connectivity index (χ4v) is 3.21. The number of hydrogen-bond donors (Lipinski definition) is 3. The van der Waals surface area contributed by atoms with Crippen LogP contribution in [0.5, 0.6) is 0 Å². The summed E-state index contributed by atoms with van der Waals surface area (Å²) in [6.07, 6.45) is 15.6. The van der Waals surface area contributed by atoms with Crippen molar-refractivity contribution in [3.05, 3.63) is 70.7 Å². The van der Waals surface area contributed by atoms with E-state index in [1.165, 1.54) is 17.9 Å². The van der Waals surface area contributed by atoms with Crippen LogP contribution in [-0.2, 0) is 16.0 Å². The first kappa shape index (κ1) is 38.0. The molecule has 4 N–H and O–H groups in total. The van der Waals surface area contributed by atoms with Crippen LogP contribution in [0.2, 0.25) is 0 Å². The van der Waals surface area contributed by atoms with Crippen molar-refractivity contribution in [1.29, 1.82) is 0 Å². The normalized spacial score (nSPS) is 12.1. The fourth-order valence-electron chi connectivity index (χ4n) is 3.21. The second-order valence-electron chi connectivity index (χ2n) is 8.20. The van der Waals surface area contributed by atoms with Gasteiger partial charge in [-0.2, -0.15) is 18.3 Å². The van der Waals surface area contributed by atoms with Gasteiger partial charge >= 0.3 is 12.1 Å². The Hall–Kier alpha value is -5.04. The monoisotopic (exact) mass is 604 g/mol. The second kappa shape index (κ2) is 19.9. The molecule has 0 aliphatic rings. The summed E-state index contributed by atoms with van der Waals surface area (Å²) in [4.78, 5) is 26.7. The quantitative estimate of drug-likeness (QED) is 0.0806. The highest BCUT2D eigenvalue weighted by Gasteiger charge is 2.30. The lowest BCUT2D eigenvalue weighted by Gasteiger charge is -2.08. The summed E-state index contributed by atoms with van der Waals surface area (Å²) in [6, 6.07) is 0. The summed E-state index contributed by atoms with van der Waals surface area (Å²) in [5, 5.41) is 9.04. The van der Waals surface area contributed by atoms with Crippen LogP contribution in [0.15, 0.2) is 59.6 Å². The smallest absolute Gasteiger partial charge is 0.412 e. The number of allylic oxidation sites excluding steroid dienone is 6. The van der Waals surface area contributed by atoms with E-state index in [0.717, 1.165) is 12.6 Å². The van der Waals surface area contributed by atoms with E-state index in [1.54, 1.807) is 20.0 Å². The number of nitrogens with one attached hydrogen (secondary N) is 2. The number of amides is 1. The molecule has 0 bridgehead atoms. The topological polar surface area (TPSA) is 124 Å². The van der Waals surface area contributed by atoms with Gasteiger partial charge in [0.1, 0.15) is 17.7 Å². The lowest BCUT2D eigenvalue weighted by molar-refractivity contribution is -0.109. The molecule has 9 nitrogen and oxygen atoms in total. The van der Waals surface area contributed by atoms with Crippen LogP contribution in [0.1, 0.15) is 56.5 Å². The Kier molecular flexibility index (Phi) is 17.6. The summed E-state index contributed by atoms with van der Waals surface area (Å²) in [6.45, 7) is 6.39. The number of carbonyl (C=O) groups excluding carboxylic acids is 2. The molecule has 0 saturated carbocycles. The Labute approximate surface area is 249 Å². The molecule has 2 aromatic rings. The van der Waals surface area contributed by atoms with Crippen LogP contribution in [0.3, 0.4) is 0 Å². The molecular weight excluding hydrogens is 568 g/mol. The number of hydrogen-bond acceptors (Lipinski definition) is 7. The first-order valence-corrected chi connectivity index (χ1v) is 12.8. The summed E-state index contributed by atoms with van der Waals surface area (Å²) < 4.78 is 56.1. The van der Waals surface area contributed by atoms with Gasteiger partial charge in [-0.25, -0.2) is 18.7 Å². The van der Waals surface area contributed by atoms with E-state index in [9.17, 15) is 27.2 Å². The molecule has 0 fully saturated rings. The van der Waals surface area contributed by atoms with E-state index >= 15 is 0 Å². The van der Waals surface area contributed by atoms with Crippen LogP contribution < -0.4 is 16.4 Å². The van der Waals surface area contributed by atoms with E-state index in [0.29, 0.717) is 47.8 Å². The first-order valence-electron chi connectivity index (χ1n) is 12.8. The summed E-state index contributed by atoms with van der Waals surface area (Å²) >= 11 is 0.